The number of halogens is 1. The average molecular weight is 279 g/mol. The molecule has 0 aliphatic rings. The quantitative estimate of drug-likeness (QED) is 0.706. The molecule has 0 amide bonds. The van der Waals surface area contributed by atoms with E-state index in [1.807, 2.05) is 0 Å². The second kappa shape index (κ2) is 5.29. The van der Waals surface area contributed by atoms with E-state index in [-0.39, 0.29) is 0 Å². The predicted molar refractivity (Wildman–Crippen MR) is 72.6 cm³/mol. The fourth-order valence-electron chi connectivity index (χ4n) is 1.43. The predicted octanol–water partition coefficient (Wildman–Crippen LogP) is 4.82. The van der Waals surface area contributed by atoms with Crippen LogP contribution in [0.3, 0.4) is 0 Å². The lowest BCUT2D eigenvalue weighted by Gasteiger charge is -1.99. The van der Waals surface area contributed by atoms with E-state index in [2.05, 4.69) is 69.2 Å². The highest BCUT2D eigenvalue weighted by atomic mass is 79.9. The third kappa shape index (κ3) is 2.80. The molecule has 0 nitrogen and oxygen atoms in total. The number of thiophene rings is 1. The minimum absolute atomic E-state index is 0.898. The topological polar surface area (TPSA) is 0 Å². The summed E-state index contributed by atoms with van der Waals surface area (Å²) in [6.07, 6.45) is 4.23. The highest BCUT2D eigenvalue weighted by Crippen LogP contribution is 2.23. The number of allylic oxidation sites excluding steroid dienone is 1. The van der Waals surface area contributed by atoms with Gasteiger partial charge in [-0.25, -0.2) is 0 Å². The smallest absolute Gasteiger partial charge is 0.0215 e. The van der Waals surface area contributed by atoms with Crippen LogP contribution in [0.25, 0.3) is 17.2 Å². The summed E-state index contributed by atoms with van der Waals surface area (Å²) in [5.41, 5.74) is 3.83. The number of hydrogen-bond donors (Lipinski definition) is 0. The van der Waals surface area contributed by atoms with Crippen LogP contribution < -0.4 is 0 Å². The molecule has 0 radical (unpaired) electrons. The number of alkyl halides is 1. The Balaban J connectivity index is 2.31. The Morgan fingerprint density at radius 2 is 2.13 bits per heavy atom. The molecule has 0 fully saturated rings. The maximum absolute atomic E-state index is 3.38. The molecule has 2 heteroatoms. The second-order valence-corrected chi connectivity index (χ2v) is 4.62. The Kier molecular flexibility index (Phi) is 3.75. The molecule has 1 aromatic carbocycles. The molecule has 0 saturated carbocycles. The molecule has 0 atom stereocenters. The maximum Gasteiger partial charge on any atom is 0.0215 e. The van der Waals surface area contributed by atoms with Crippen molar-refractivity contribution in [3.8, 4) is 11.1 Å². The minimum atomic E-state index is 0.898. The van der Waals surface area contributed by atoms with Crippen molar-refractivity contribution in [2.45, 2.75) is 0 Å². The van der Waals surface area contributed by atoms with E-state index < -0.39 is 0 Å². The van der Waals surface area contributed by atoms with Crippen LogP contribution >= 0.6 is 27.3 Å². The lowest BCUT2D eigenvalue weighted by Crippen LogP contribution is -1.76. The molecule has 1 heterocycles. The second-order valence-electron chi connectivity index (χ2n) is 3.19. The number of benzene rings is 1. The van der Waals surface area contributed by atoms with E-state index in [0.29, 0.717) is 0 Å². The van der Waals surface area contributed by atoms with E-state index in [1.165, 1.54) is 16.7 Å². The van der Waals surface area contributed by atoms with Crippen molar-refractivity contribution >= 4 is 33.3 Å². The van der Waals surface area contributed by atoms with Crippen LogP contribution in [0.5, 0.6) is 0 Å². The zero-order valence-corrected chi connectivity index (χ0v) is 10.6. The zero-order valence-electron chi connectivity index (χ0n) is 8.19. The first-order chi connectivity index (χ1) is 7.40. The Hall–Kier alpha value is -0.860. The summed E-state index contributed by atoms with van der Waals surface area (Å²) in [4.78, 5) is 0. The molecule has 0 spiro atoms. The van der Waals surface area contributed by atoms with Crippen molar-refractivity contribution in [3.63, 3.8) is 0 Å². The molecule has 1 aromatic heterocycles. The van der Waals surface area contributed by atoms with Gasteiger partial charge in [-0.15, -0.1) is 0 Å². The molecule has 15 heavy (non-hydrogen) atoms. The first-order valence-corrected chi connectivity index (χ1v) is 6.82. The largest absolute Gasteiger partial charge is 0.152 e. The minimum Gasteiger partial charge on any atom is -0.152 e. The lowest BCUT2D eigenvalue weighted by molar-refractivity contribution is 1.63. The monoisotopic (exact) mass is 278 g/mol. The van der Waals surface area contributed by atoms with Crippen LogP contribution in [-0.4, -0.2) is 5.33 Å². The SMILES string of the molecule is BrCC=Cc1cccc(-c2ccsc2)c1. The van der Waals surface area contributed by atoms with Crippen molar-refractivity contribution in [2.24, 2.45) is 0 Å². The summed E-state index contributed by atoms with van der Waals surface area (Å²) in [6.45, 7) is 0. The maximum atomic E-state index is 3.38. The highest BCUT2D eigenvalue weighted by Gasteiger charge is 1.97. The molecule has 0 unspecified atom stereocenters. The van der Waals surface area contributed by atoms with Gasteiger partial charge in [0, 0.05) is 5.33 Å². The molecular formula is C13H11BrS. The van der Waals surface area contributed by atoms with E-state index in [4.69, 9.17) is 0 Å². The van der Waals surface area contributed by atoms with Gasteiger partial charge in [-0.05, 0) is 39.6 Å². The van der Waals surface area contributed by atoms with E-state index >= 15 is 0 Å². The molecule has 0 bridgehead atoms. The van der Waals surface area contributed by atoms with Gasteiger partial charge in [0.1, 0.15) is 0 Å². The molecule has 2 aromatic rings. The summed E-state index contributed by atoms with van der Waals surface area (Å²) in [6, 6.07) is 10.7. The van der Waals surface area contributed by atoms with Gasteiger partial charge in [0.2, 0.25) is 0 Å². The van der Waals surface area contributed by atoms with Crippen LogP contribution in [0.2, 0.25) is 0 Å². The number of hydrogen-bond acceptors (Lipinski definition) is 1. The van der Waals surface area contributed by atoms with Gasteiger partial charge >= 0.3 is 0 Å². The third-order valence-electron chi connectivity index (χ3n) is 2.14. The zero-order chi connectivity index (χ0) is 10.5. The van der Waals surface area contributed by atoms with Crippen molar-refractivity contribution in [1.82, 2.24) is 0 Å². The van der Waals surface area contributed by atoms with Gasteiger partial charge < -0.3 is 0 Å². The van der Waals surface area contributed by atoms with Crippen molar-refractivity contribution in [2.75, 3.05) is 5.33 Å². The normalized spacial score (nSPS) is 11.0. The summed E-state index contributed by atoms with van der Waals surface area (Å²) < 4.78 is 0. The highest BCUT2D eigenvalue weighted by molar-refractivity contribution is 9.09. The molecule has 0 aliphatic heterocycles. The van der Waals surface area contributed by atoms with Crippen molar-refractivity contribution in [1.29, 1.82) is 0 Å². The molecule has 76 valence electrons. The molecule has 2 rings (SSSR count). The molecule has 0 aliphatic carbocycles. The summed E-state index contributed by atoms with van der Waals surface area (Å²) in [5.74, 6) is 0. The van der Waals surface area contributed by atoms with Gasteiger partial charge in [-0.1, -0.05) is 46.3 Å². The molecular weight excluding hydrogens is 268 g/mol. The van der Waals surface area contributed by atoms with E-state index in [1.54, 1.807) is 11.3 Å². The van der Waals surface area contributed by atoms with Crippen LogP contribution in [0.15, 0.2) is 47.2 Å². The van der Waals surface area contributed by atoms with Gasteiger partial charge in [0.25, 0.3) is 0 Å². The van der Waals surface area contributed by atoms with Gasteiger partial charge in [-0.2, -0.15) is 11.3 Å². The summed E-state index contributed by atoms with van der Waals surface area (Å²) in [7, 11) is 0. The fourth-order valence-corrected chi connectivity index (χ4v) is 2.28. The van der Waals surface area contributed by atoms with Crippen LogP contribution in [0.4, 0.5) is 0 Å². The first kappa shape index (κ1) is 10.7. The average Bonchev–Trinajstić information content (AvgIpc) is 2.80. The Morgan fingerprint density at radius 3 is 2.87 bits per heavy atom. The summed E-state index contributed by atoms with van der Waals surface area (Å²) >= 11 is 5.11. The summed E-state index contributed by atoms with van der Waals surface area (Å²) in [5, 5.41) is 5.18. The molecule has 0 N–H and O–H groups in total. The Labute approximate surface area is 102 Å². The van der Waals surface area contributed by atoms with Crippen LogP contribution in [-0.2, 0) is 0 Å². The van der Waals surface area contributed by atoms with Crippen molar-refractivity contribution < 1.29 is 0 Å². The lowest BCUT2D eigenvalue weighted by atomic mass is 10.1. The third-order valence-corrected chi connectivity index (χ3v) is 3.20. The van der Waals surface area contributed by atoms with Crippen LogP contribution in [0, 0.1) is 0 Å². The van der Waals surface area contributed by atoms with Crippen LogP contribution in [0.1, 0.15) is 5.56 Å². The molecule has 0 saturated heterocycles. The Bertz CT molecular complexity index is 443. The standard InChI is InChI=1S/C13H11BrS/c14-7-2-4-11-3-1-5-12(9-11)13-6-8-15-10-13/h1-6,8-10H,7H2. The van der Waals surface area contributed by atoms with Crippen molar-refractivity contribution in [3.05, 3.63) is 52.7 Å². The van der Waals surface area contributed by atoms with E-state index in [0.717, 1.165) is 5.33 Å². The fraction of sp³-hybridized carbons (Fsp3) is 0.0769. The number of rotatable bonds is 3. The first-order valence-electron chi connectivity index (χ1n) is 4.75. The van der Waals surface area contributed by atoms with Gasteiger partial charge in [0.05, 0.1) is 0 Å². The van der Waals surface area contributed by atoms with Gasteiger partial charge in [-0.3, -0.25) is 0 Å². The van der Waals surface area contributed by atoms with Gasteiger partial charge in [0.15, 0.2) is 0 Å². The Morgan fingerprint density at radius 1 is 1.20 bits per heavy atom. The van der Waals surface area contributed by atoms with E-state index in [9.17, 15) is 0 Å².